The normalized spacial score (nSPS) is 18.3. The Morgan fingerprint density at radius 2 is 1.71 bits per heavy atom. The van der Waals surface area contributed by atoms with Crippen LogP contribution in [-0.4, -0.2) is 83.4 Å². The van der Waals surface area contributed by atoms with Crippen molar-refractivity contribution in [3.05, 3.63) is 24.3 Å². The number of amides is 1. The summed E-state index contributed by atoms with van der Waals surface area (Å²) in [5, 5.41) is 9.13. The molecule has 0 spiro atoms. The summed E-state index contributed by atoms with van der Waals surface area (Å²) in [5.41, 5.74) is 0.769. The molecule has 4 rings (SSSR count). The molecule has 1 aromatic heterocycles. The van der Waals surface area contributed by atoms with Gasteiger partial charge >= 0.3 is 0 Å². The number of morpholine rings is 1. The Hall–Kier alpha value is -1.95. The van der Waals surface area contributed by atoms with Gasteiger partial charge in [-0.05, 0) is 43.5 Å². The van der Waals surface area contributed by atoms with Crippen LogP contribution < -0.4 is 0 Å². The minimum Gasteiger partial charge on any atom is -0.379 e. The number of benzene rings is 1. The number of nitrogens with zero attached hydrogens (tertiary/aromatic N) is 5. The standard InChI is InChI=1S/C20H27N5O4S2/c1-23-19(21-22-20(23)30-15-18(26)24-9-3-2-4-10-24)16-5-7-17(8-6-16)31(27,28)25-11-13-29-14-12-25/h5-8H,2-4,9-15H2,1H3. The highest BCUT2D eigenvalue weighted by Crippen LogP contribution is 2.25. The third-order valence-electron chi connectivity index (χ3n) is 5.59. The molecule has 9 nitrogen and oxygen atoms in total. The van der Waals surface area contributed by atoms with E-state index >= 15 is 0 Å². The number of hydrogen-bond acceptors (Lipinski definition) is 7. The van der Waals surface area contributed by atoms with Crippen LogP contribution in [0.25, 0.3) is 11.4 Å². The minimum atomic E-state index is -3.53. The fourth-order valence-electron chi connectivity index (χ4n) is 3.76. The highest BCUT2D eigenvalue weighted by molar-refractivity contribution is 7.99. The highest BCUT2D eigenvalue weighted by atomic mass is 32.2. The quantitative estimate of drug-likeness (QED) is 0.598. The molecular weight excluding hydrogens is 438 g/mol. The molecule has 2 aliphatic heterocycles. The van der Waals surface area contributed by atoms with Gasteiger partial charge in [0, 0.05) is 38.8 Å². The zero-order chi connectivity index (χ0) is 21.8. The van der Waals surface area contributed by atoms with Gasteiger partial charge in [-0.25, -0.2) is 8.42 Å². The Balaban J connectivity index is 1.43. The van der Waals surface area contributed by atoms with Crippen molar-refractivity contribution in [2.24, 2.45) is 7.05 Å². The molecule has 0 aliphatic carbocycles. The minimum absolute atomic E-state index is 0.131. The van der Waals surface area contributed by atoms with Crippen molar-refractivity contribution in [3.63, 3.8) is 0 Å². The molecule has 0 radical (unpaired) electrons. The van der Waals surface area contributed by atoms with Crippen molar-refractivity contribution in [3.8, 4) is 11.4 Å². The van der Waals surface area contributed by atoms with Crippen molar-refractivity contribution in [1.29, 1.82) is 0 Å². The summed E-state index contributed by atoms with van der Waals surface area (Å²) >= 11 is 1.37. The predicted molar refractivity (Wildman–Crippen MR) is 117 cm³/mol. The summed E-state index contributed by atoms with van der Waals surface area (Å²) in [6.07, 6.45) is 3.33. The number of likely N-dealkylation sites (tertiary alicyclic amines) is 1. The molecule has 2 aromatic rings. The van der Waals surface area contributed by atoms with Gasteiger partial charge in [-0.3, -0.25) is 4.79 Å². The van der Waals surface area contributed by atoms with Gasteiger partial charge in [0.2, 0.25) is 15.9 Å². The summed E-state index contributed by atoms with van der Waals surface area (Å²) in [6, 6.07) is 6.68. The summed E-state index contributed by atoms with van der Waals surface area (Å²) < 4.78 is 34.1. The van der Waals surface area contributed by atoms with Crippen LogP contribution in [0.1, 0.15) is 19.3 Å². The second kappa shape index (κ2) is 9.68. The first-order valence-corrected chi connectivity index (χ1v) is 12.9. The molecule has 2 aliphatic rings. The summed E-state index contributed by atoms with van der Waals surface area (Å²) in [6.45, 7) is 3.23. The lowest BCUT2D eigenvalue weighted by Gasteiger charge is -2.26. The van der Waals surface area contributed by atoms with Gasteiger partial charge in [0.25, 0.3) is 0 Å². The molecule has 1 amide bonds. The van der Waals surface area contributed by atoms with E-state index in [1.54, 1.807) is 24.3 Å². The Morgan fingerprint density at radius 1 is 1.03 bits per heavy atom. The predicted octanol–water partition coefficient (Wildman–Crippen LogP) is 1.61. The van der Waals surface area contributed by atoms with Gasteiger partial charge in [-0.1, -0.05) is 11.8 Å². The van der Waals surface area contributed by atoms with E-state index in [1.807, 2.05) is 16.5 Å². The fraction of sp³-hybridized carbons (Fsp3) is 0.550. The van der Waals surface area contributed by atoms with Gasteiger partial charge in [0.05, 0.1) is 23.9 Å². The number of sulfonamides is 1. The molecule has 0 atom stereocenters. The first kappa shape index (κ1) is 22.3. The SMILES string of the molecule is Cn1c(SCC(=O)N2CCCCC2)nnc1-c1ccc(S(=O)(=O)N2CCOCC2)cc1. The number of piperidine rings is 1. The van der Waals surface area contributed by atoms with Crippen molar-refractivity contribution < 1.29 is 17.9 Å². The Kier molecular flexibility index (Phi) is 6.95. The van der Waals surface area contributed by atoms with Crippen LogP contribution in [-0.2, 0) is 26.6 Å². The van der Waals surface area contributed by atoms with Gasteiger partial charge in [0.15, 0.2) is 11.0 Å². The topological polar surface area (TPSA) is 97.6 Å². The maximum Gasteiger partial charge on any atom is 0.243 e. The molecule has 168 valence electrons. The van der Waals surface area contributed by atoms with E-state index in [9.17, 15) is 13.2 Å². The molecule has 2 saturated heterocycles. The van der Waals surface area contributed by atoms with Crippen LogP contribution in [0.4, 0.5) is 0 Å². The molecule has 31 heavy (non-hydrogen) atoms. The van der Waals surface area contributed by atoms with Crippen LogP contribution in [0.5, 0.6) is 0 Å². The molecule has 2 fully saturated rings. The summed E-state index contributed by atoms with van der Waals surface area (Å²) in [7, 11) is -1.68. The van der Waals surface area contributed by atoms with Gasteiger partial charge in [-0.2, -0.15) is 4.31 Å². The molecule has 0 saturated carbocycles. The zero-order valence-electron chi connectivity index (χ0n) is 17.6. The second-order valence-corrected chi connectivity index (χ2v) is 10.5. The molecular formula is C20H27N5O4S2. The molecule has 0 N–H and O–H groups in total. The average Bonchev–Trinajstić information content (AvgIpc) is 3.19. The van der Waals surface area contributed by atoms with Crippen LogP contribution in [0, 0.1) is 0 Å². The number of ether oxygens (including phenoxy) is 1. The fourth-order valence-corrected chi connectivity index (χ4v) is 5.99. The van der Waals surface area contributed by atoms with Crippen LogP contribution in [0.15, 0.2) is 34.3 Å². The lowest BCUT2D eigenvalue weighted by molar-refractivity contribution is -0.129. The lowest BCUT2D eigenvalue weighted by atomic mass is 10.1. The maximum absolute atomic E-state index is 12.8. The average molecular weight is 466 g/mol. The number of aromatic nitrogens is 3. The van der Waals surface area contributed by atoms with E-state index in [0.717, 1.165) is 31.5 Å². The first-order valence-electron chi connectivity index (χ1n) is 10.4. The lowest BCUT2D eigenvalue weighted by Crippen LogP contribution is -2.40. The van der Waals surface area contributed by atoms with Crippen molar-refractivity contribution in [2.75, 3.05) is 45.1 Å². The van der Waals surface area contributed by atoms with Crippen molar-refractivity contribution in [2.45, 2.75) is 29.3 Å². The second-order valence-electron chi connectivity index (χ2n) is 7.64. The number of rotatable bonds is 6. The van der Waals surface area contributed by atoms with E-state index < -0.39 is 10.0 Å². The summed E-state index contributed by atoms with van der Waals surface area (Å²) in [5.74, 6) is 1.10. The number of hydrogen-bond donors (Lipinski definition) is 0. The number of carbonyl (C=O) groups is 1. The summed E-state index contributed by atoms with van der Waals surface area (Å²) in [4.78, 5) is 14.6. The van der Waals surface area contributed by atoms with Gasteiger partial charge < -0.3 is 14.2 Å². The highest BCUT2D eigenvalue weighted by Gasteiger charge is 2.26. The molecule has 0 bridgehead atoms. The largest absolute Gasteiger partial charge is 0.379 e. The Labute approximate surface area is 186 Å². The first-order chi connectivity index (χ1) is 15.0. The van der Waals surface area contributed by atoms with Crippen molar-refractivity contribution >= 4 is 27.7 Å². The van der Waals surface area contributed by atoms with E-state index in [0.29, 0.717) is 43.0 Å². The Morgan fingerprint density at radius 3 is 2.39 bits per heavy atom. The smallest absolute Gasteiger partial charge is 0.243 e. The van der Waals surface area contributed by atoms with E-state index in [-0.39, 0.29) is 10.8 Å². The monoisotopic (exact) mass is 465 g/mol. The molecule has 3 heterocycles. The van der Waals surface area contributed by atoms with E-state index in [1.165, 1.54) is 22.5 Å². The van der Waals surface area contributed by atoms with Gasteiger partial charge in [-0.15, -0.1) is 10.2 Å². The third-order valence-corrected chi connectivity index (χ3v) is 8.51. The molecule has 0 unspecified atom stereocenters. The van der Waals surface area contributed by atoms with Crippen LogP contribution in [0.3, 0.4) is 0 Å². The van der Waals surface area contributed by atoms with E-state index in [2.05, 4.69) is 10.2 Å². The number of carbonyl (C=O) groups excluding carboxylic acids is 1. The molecule has 11 heteroatoms. The molecule has 1 aromatic carbocycles. The number of thioether (sulfide) groups is 1. The van der Waals surface area contributed by atoms with Crippen LogP contribution in [0.2, 0.25) is 0 Å². The van der Waals surface area contributed by atoms with Crippen LogP contribution >= 0.6 is 11.8 Å². The zero-order valence-corrected chi connectivity index (χ0v) is 19.2. The maximum atomic E-state index is 12.8. The van der Waals surface area contributed by atoms with Crippen molar-refractivity contribution in [1.82, 2.24) is 24.0 Å². The van der Waals surface area contributed by atoms with Gasteiger partial charge in [0.1, 0.15) is 0 Å². The third kappa shape index (κ3) is 4.94. The Bertz CT molecular complexity index is 1010. The van der Waals surface area contributed by atoms with E-state index in [4.69, 9.17) is 4.74 Å².